The fourth-order valence-corrected chi connectivity index (χ4v) is 2.72. The van der Waals surface area contributed by atoms with Gasteiger partial charge in [0.25, 0.3) is 0 Å². The van der Waals surface area contributed by atoms with Crippen molar-refractivity contribution in [2.24, 2.45) is 0 Å². The van der Waals surface area contributed by atoms with Crippen molar-refractivity contribution in [3.63, 3.8) is 0 Å². The van der Waals surface area contributed by atoms with Crippen LogP contribution < -0.4 is 10.6 Å². The first-order chi connectivity index (χ1) is 10.8. The second kappa shape index (κ2) is 7.20. The van der Waals surface area contributed by atoms with Gasteiger partial charge in [-0.25, -0.2) is 0 Å². The number of rotatable bonds is 4. The van der Waals surface area contributed by atoms with Gasteiger partial charge in [-0.1, -0.05) is 48.5 Å². The van der Waals surface area contributed by atoms with Gasteiger partial charge in [0.05, 0.1) is 6.54 Å². The molecule has 2 aromatic carbocycles. The Morgan fingerprint density at radius 2 is 1.68 bits per heavy atom. The second-order valence-electron chi connectivity index (χ2n) is 5.49. The van der Waals surface area contributed by atoms with Crippen LogP contribution in [0.2, 0.25) is 0 Å². The monoisotopic (exact) mass is 295 g/mol. The van der Waals surface area contributed by atoms with Crippen molar-refractivity contribution >= 4 is 11.6 Å². The summed E-state index contributed by atoms with van der Waals surface area (Å²) in [5.41, 5.74) is 3.03. The van der Waals surface area contributed by atoms with Gasteiger partial charge in [0.2, 0.25) is 5.91 Å². The lowest BCUT2D eigenvalue weighted by Crippen LogP contribution is -2.46. The van der Waals surface area contributed by atoms with Crippen molar-refractivity contribution < 1.29 is 4.79 Å². The maximum absolute atomic E-state index is 12.3. The number of nitrogens with one attached hydrogen (secondary N) is 2. The van der Waals surface area contributed by atoms with Crippen LogP contribution in [0, 0.1) is 0 Å². The maximum atomic E-state index is 12.3. The molecule has 1 heterocycles. The van der Waals surface area contributed by atoms with Gasteiger partial charge in [-0.2, -0.15) is 0 Å². The molecule has 4 heteroatoms. The van der Waals surface area contributed by atoms with Crippen LogP contribution in [0.15, 0.2) is 54.6 Å². The number of para-hydroxylation sites is 1. The molecular weight excluding hydrogens is 274 g/mol. The highest BCUT2D eigenvalue weighted by molar-refractivity contribution is 5.96. The van der Waals surface area contributed by atoms with Crippen LogP contribution in [0.4, 0.5) is 5.69 Å². The molecule has 0 aliphatic carbocycles. The Balaban J connectivity index is 1.71. The van der Waals surface area contributed by atoms with Crippen molar-refractivity contribution in [2.45, 2.75) is 0 Å². The Morgan fingerprint density at radius 1 is 1.00 bits per heavy atom. The van der Waals surface area contributed by atoms with E-state index in [1.54, 1.807) is 0 Å². The van der Waals surface area contributed by atoms with Crippen molar-refractivity contribution in [1.82, 2.24) is 10.2 Å². The molecule has 22 heavy (non-hydrogen) atoms. The van der Waals surface area contributed by atoms with Crippen molar-refractivity contribution in [3.8, 4) is 11.1 Å². The number of anilines is 1. The number of carbonyl (C=O) groups is 1. The summed E-state index contributed by atoms with van der Waals surface area (Å²) in [6.07, 6.45) is 0. The van der Waals surface area contributed by atoms with Gasteiger partial charge in [-0.3, -0.25) is 9.69 Å². The topological polar surface area (TPSA) is 44.4 Å². The van der Waals surface area contributed by atoms with Crippen molar-refractivity contribution in [3.05, 3.63) is 54.6 Å². The summed E-state index contributed by atoms with van der Waals surface area (Å²) in [6.45, 7) is 4.20. The van der Waals surface area contributed by atoms with Crippen molar-refractivity contribution in [2.75, 3.05) is 38.0 Å². The highest BCUT2D eigenvalue weighted by Gasteiger charge is 2.14. The van der Waals surface area contributed by atoms with Gasteiger partial charge >= 0.3 is 0 Å². The molecule has 1 aliphatic rings. The molecule has 0 spiro atoms. The fourth-order valence-electron chi connectivity index (χ4n) is 2.72. The van der Waals surface area contributed by atoms with Gasteiger partial charge in [0.15, 0.2) is 0 Å². The van der Waals surface area contributed by atoms with Crippen LogP contribution in [0.1, 0.15) is 0 Å². The molecule has 0 atom stereocenters. The average molecular weight is 295 g/mol. The minimum atomic E-state index is 0.0466. The summed E-state index contributed by atoms with van der Waals surface area (Å²) in [7, 11) is 0. The Bertz CT molecular complexity index is 621. The van der Waals surface area contributed by atoms with E-state index in [2.05, 4.69) is 27.7 Å². The van der Waals surface area contributed by atoms with Crippen molar-refractivity contribution in [1.29, 1.82) is 0 Å². The summed E-state index contributed by atoms with van der Waals surface area (Å²) < 4.78 is 0. The van der Waals surface area contributed by atoms with E-state index in [1.807, 2.05) is 42.5 Å². The van der Waals surface area contributed by atoms with Gasteiger partial charge < -0.3 is 10.6 Å². The molecule has 0 radical (unpaired) electrons. The van der Waals surface area contributed by atoms with Crippen LogP contribution in [0.3, 0.4) is 0 Å². The van der Waals surface area contributed by atoms with Crippen LogP contribution in [0.25, 0.3) is 11.1 Å². The zero-order valence-electron chi connectivity index (χ0n) is 12.6. The number of amides is 1. The molecule has 2 aromatic rings. The third kappa shape index (κ3) is 3.72. The zero-order valence-corrected chi connectivity index (χ0v) is 12.6. The maximum Gasteiger partial charge on any atom is 0.238 e. The van der Waals surface area contributed by atoms with E-state index < -0.39 is 0 Å². The number of carbonyl (C=O) groups excluding carboxylic acids is 1. The largest absolute Gasteiger partial charge is 0.324 e. The highest BCUT2D eigenvalue weighted by atomic mass is 16.2. The van der Waals surface area contributed by atoms with E-state index in [0.717, 1.165) is 43.0 Å². The number of hydrogen-bond donors (Lipinski definition) is 2. The molecule has 0 bridgehead atoms. The van der Waals surface area contributed by atoms with Gasteiger partial charge in [0, 0.05) is 37.4 Å². The van der Waals surface area contributed by atoms with E-state index in [0.29, 0.717) is 6.54 Å². The van der Waals surface area contributed by atoms with E-state index in [-0.39, 0.29) is 5.91 Å². The lowest BCUT2D eigenvalue weighted by atomic mass is 10.0. The third-order valence-corrected chi connectivity index (χ3v) is 3.86. The van der Waals surface area contributed by atoms with E-state index in [9.17, 15) is 4.79 Å². The minimum absolute atomic E-state index is 0.0466. The molecule has 0 saturated carbocycles. The van der Waals surface area contributed by atoms with E-state index in [1.165, 1.54) is 0 Å². The smallest absolute Gasteiger partial charge is 0.238 e. The second-order valence-corrected chi connectivity index (χ2v) is 5.49. The number of hydrogen-bond acceptors (Lipinski definition) is 3. The van der Waals surface area contributed by atoms with Gasteiger partial charge in [-0.15, -0.1) is 0 Å². The first-order valence-corrected chi connectivity index (χ1v) is 7.70. The summed E-state index contributed by atoms with van der Waals surface area (Å²) in [5.74, 6) is 0.0466. The predicted molar refractivity (Wildman–Crippen MR) is 89.8 cm³/mol. The number of benzene rings is 2. The molecule has 1 amide bonds. The van der Waals surface area contributed by atoms with Crippen LogP contribution in [-0.2, 0) is 4.79 Å². The molecule has 1 aliphatic heterocycles. The van der Waals surface area contributed by atoms with Crippen LogP contribution >= 0.6 is 0 Å². The van der Waals surface area contributed by atoms with Gasteiger partial charge in [0.1, 0.15) is 0 Å². The summed E-state index contributed by atoms with van der Waals surface area (Å²) in [6, 6.07) is 18.1. The molecule has 3 rings (SSSR count). The lowest BCUT2D eigenvalue weighted by Gasteiger charge is -2.26. The number of piperazine rings is 1. The Labute approximate surface area is 131 Å². The molecule has 2 N–H and O–H groups in total. The Kier molecular flexibility index (Phi) is 4.83. The zero-order chi connectivity index (χ0) is 15.2. The summed E-state index contributed by atoms with van der Waals surface area (Å²) in [5, 5.41) is 6.35. The SMILES string of the molecule is O=C(CN1CCNCC1)Nc1ccccc1-c1ccccc1. The molecule has 4 nitrogen and oxygen atoms in total. The predicted octanol–water partition coefficient (Wildman–Crippen LogP) is 2.20. The van der Waals surface area contributed by atoms with Crippen LogP contribution in [-0.4, -0.2) is 43.5 Å². The Morgan fingerprint density at radius 3 is 2.45 bits per heavy atom. The molecular formula is C18H21N3O. The standard InChI is InChI=1S/C18H21N3O/c22-18(14-21-12-10-19-11-13-21)20-17-9-5-4-8-16(17)15-6-2-1-3-7-15/h1-9,19H,10-14H2,(H,20,22). The molecule has 1 fully saturated rings. The Hall–Kier alpha value is -2.17. The van der Waals surface area contributed by atoms with E-state index in [4.69, 9.17) is 0 Å². The fraction of sp³-hybridized carbons (Fsp3) is 0.278. The normalized spacial score (nSPS) is 15.5. The third-order valence-electron chi connectivity index (χ3n) is 3.86. The van der Waals surface area contributed by atoms with Crippen LogP contribution in [0.5, 0.6) is 0 Å². The highest BCUT2D eigenvalue weighted by Crippen LogP contribution is 2.27. The summed E-state index contributed by atoms with van der Waals surface area (Å²) in [4.78, 5) is 14.5. The quantitative estimate of drug-likeness (QED) is 0.909. The lowest BCUT2D eigenvalue weighted by molar-refractivity contribution is -0.117. The van der Waals surface area contributed by atoms with Gasteiger partial charge in [-0.05, 0) is 11.6 Å². The number of nitrogens with zero attached hydrogens (tertiary/aromatic N) is 1. The molecule has 0 aromatic heterocycles. The van der Waals surface area contributed by atoms with E-state index >= 15 is 0 Å². The molecule has 114 valence electrons. The molecule has 0 unspecified atom stereocenters. The first-order valence-electron chi connectivity index (χ1n) is 7.70. The summed E-state index contributed by atoms with van der Waals surface area (Å²) >= 11 is 0. The first kappa shape index (κ1) is 14.8. The average Bonchev–Trinajstić information content (AvgIpc) is 2.57. The molecule has 1 saturated heterocycles. The minimum Gasteiger partial charge on any atom is -0.324 e.